The van der Waals surface area contributed by atoms with Gasteiger partial charge >= 0.3 is 0 Å². The fraction of sp³-hybridized carbons (Fsp3) is 0.733. The minimum absolute atomic E-state index is 0.863. The van der Waals surface area contributed by atoms with Crippen LogP contribution in [0.1, 0.15) is 30.7 Å². The lowest BCUT2D eigenvalue weighted by atomic mass is 10.4. The van der Waals surface area contributed by atoms with Crippen molar-refractivity contribution < 1.29 is 0 Å². The van der Waals surface area contributed by atoms with Crippen molar-refractivity contribution >= 4 is 17.3 Å². The van der Waals surface area contributed by atoms with Crippen LogP contribution >= 0.6 is 11.3 Å². The molecule has 0 bridgehead atoms. The second kappa shape index (κ2) is 10.6. The summed E-state index contributed by atoms with van der Waals surface area (Å²) in [4.78, 5) is 12.4. The Labute approximate surface area is 132 Å². The highest BCUT2D eigenvalue weighted by Gasteiger charge is 2.03. The van der Waals surface area contributed by atoms with Crippen molar-refractivity contribution in [2.45, 2.75) is 33.6 Å². The SMILES string of the molecule is CCc1cnc(CCNC(=NC)NCCN(CC)CC)s1. The van der Waals surface area contributed by atoms with Crippen LogP contribution in [0, 0.1) is 0 Å². The lowest BCUT2D eigenvalue weighted by Gasteiger charge is -2.19. The topological polar surface area (TPSA) is 52.6 Å². The Kier molecular flexibility index (Phi) is 9.01. The molecule has 120 valence electrons. The number of hydrogen-bond acceptors (Lipinski definition) is 4. The highest BCUT2D eigenvalue weighted by Crippen LogP contribution is 2.13. The predicted molar refractivity (Wildman–Crippen MR) is 92.3 cm³/mol. The first kappa shape index (κ1) is 17.9. The molecule has 0 fully saturated rings. The van der Waals surface area contributed by atoms with Gasteiger partial charge < -0.3 is 15.5 Å². The molecule has 0 aliphatic carbocycles. The van der Waals surface area contributed by atoms with E-state index in [2.05, 4.69) is 46.3 Å². The number of nitrogens with zero attached hydrogens (tertiary/aromatic N) is 3. The third-order valence-electron chi connectivity index (χ3n) is 3.42. The standard InChI is InChI=1S/C15H29N5S/c1-5-13-12-19-14(21-13)8-9-17-15(16-4)18-10-11-20(6-2)7-3/h12H,5-11H2,1-4H3,(H2,16,17,18). The Morgan fingerprint density at radius 3 is 2.52 bits per heavy atom. The zero-order valence-electron chi connectivity index (χ0n) is 13.8. The second-order valence-corrected chi connectivity index (χ2v) is 5.98. The first-order chi connectivity index (χ1) is 10.2. The molecule has 0 atom stereocenters. The van der Waals surface area contributed by atoms with E-state index in [1.54, 1.807) is 11.3 Å². The quantitative estimate of drug-likeness (QED) is 0.539. The molecule has 21 heavy (non-hydrogen) atoms. The van der Waals surface area contributed by atoms with Crippen LogP contribution < -0.4 is 10.6 Å². The summed E-state index contributed by atoms with van der Waals surface area (Å²) in [6.07, 6.45) is 4.00. The van der Waals surface area contributed by atoms with Crippen molar-refractivity contribution in [3.8, 4) is 0 Å². The maximum absolute atomic E-state index is 4.43. The van der Waals surface area contributed by atoms with Gasteiger partial charge in [-0.2, -0.15) is 0 Å². The summed E-state index contributed by atoms with van der Waals surface area (Å²) in [5.74, 6) is 0.870. The van der Waals surface area contributed by atoms with Crippen LogP contribution in [0.2, 0.25) is 0 Å². The Hall–Kier alpha value is -1.14. The fourth-order valence-electron chi connectivity index (χ4n) is 2.01. The monoisotopic (exact) mass is 311 g/mol. The molecule has 6 heteroatoms. The first-order valence-corrected chi connectivity index (χ1v) is 8.65. The molecule has 0 saturated heterocycles. The molecular formula is C15H29N5S. The largest absolute Gasteiger partial charge is 0.356 e. The van der Waals surface area contributed by atoms with Crippen molar-refractivity contribution in [3.63, 3.8) is 0 Å². The van der Waals surface area contributed by atoms with Crippen LogP contribution in [0.25, 0.3) is 0 Å². The van der Waals surface area contributed by atoms with E-state index in [0.717, 1.165) is 51.5 Å². The highest BCUT2D eigenvalue weighted by atomic mass is 32.1. The molecule has 0 aliphatic rings. The van der Waals surface area contributed by atoms with E-state index < -0.39 is 0 Å². The fourth-order valence-corrected chi connectivity index (χ4v) is 2.87. The van der Waals surface area contributed by atoms with Gasteiger partial charge in [-0.1, -0.05) is 20.8 Å². The highest BCUT2D eigenvalue weighted by molar-refractivity contribution is 7.11. The van der Waals surface area contributed by atoms with Crippen LogP contribution in [0.5, 0.6) is 0 Å². The normalized spacial score (nSPS) is 12.0. The summed E-state index contributed by atoms with van der Waals surface area (Å²) >= 11 is 1.80. The number of thiazole rings is 1. The number of guanidine groups is 1. The van der Waals surface area contributed by atoms with Crippen molar-refractivity contribution in [1.82, 2.24) is 20.5 Å². The van der Waals surface area contributed by atoms with E-state index in [-0.39, 0.29) is 0 Å². The second-order valence-electron chi connectivity index (χ2n) is 4.78. The zero-order valence-corrected chi connectivity index (χ0v) is 14.6. The third kappa shape index (κ3) is 6.91. The number of rotatable bonds is 9. The van der Waals surface area contributed by atoms with Crippen LogP contribution in [0.3, 0.4) is 0 Å². The van der Waals surface area contributed by atoms with E-state index in [9.17, 15) is 0 Å². The average molecular weight is 311 g/mol. The van der Waals surface area contributed by atoms with Gasteiger partial charge in [0.1, 0.15) is 0 Å². The van der Waals surface area contributed by atoms with Gasteiger partial charge in [0.25, 0.3) is 0 Å². The Morgan fingerprint density at radius 1 is 1.24 bits per heavy atom. The zero-order chi connectivity index (χ0) is 15.5. The molecule has 1 aromatic rings. The number of aryl methyl sites for hydroxylation is 1. The summed E-state index contributed by atoms with van der Waals surface area (Å²) in [6, 6.07) is 0. The Balaban J connectivity index is 2.22. The van der Waals surface area contributed by atoms with E-state index >= 15 is 0 Å². The molecule has 0 spiro atoms. The molecule has 1 heterocycles. The minimum Gasteiger partial charge on any atom is -0.356 e. The van der Waals surface area contributed by atoms with Crippen LogP contribution in [0.4, 0.5) is 0 Å². The molecule has 0 amide bonds. The molecule has 5 nitrogen and oxygen atoms in total. The van der Waals surface area contributed by atoms with E-state index in [1.807, 2.05) is 13.2 Å². The molecule has 1 rings (SSSR count). The predicted octanol–water partition coefficient (Wildman–Crippen LogP) is 1.75. The molecule has 0 aliphatic heterocycles. The van der Waals surface area contributed by atoms with Crippen LogP contribution in [-0.2, 0) is 12.8 Å². The van der Waals surface area contributed by atoms with Crippen molar-refractivity contribution in [1.29, 1.82) is 0 Å². The van der Waals surface area contributed by atoms with Crippen LogP contribution in [0.15, 0.2) is 11.2 Å². The Morgan fingerprint density at radius 2 is 1.95 bits per heavy atom. The number of aliphatic imine (C=N–C) groups is 1. The van der Waals surface area contributed by atoms with Gasteiger partial charge in [-0.25, -0.2) is 4.98 Å². The van der Waals surface area contributed by atoms with Gasteiger partial charge in [0, 0.05) is 44.2 Å². The molecule has 1 aromatic heterocycles. The smallest absolute Gasteiger partial charge is 0.191 e. The van der Waals surface area contributed by atoms with Gasteiger partial charge in [-0.15, -0.1) is 11.3 Å². The lowest BCUT2D eigenvalue weighted by molar-refractivity contribution is 0.308. The van der Waals surface area contributed by atoms with Gasteiger partial charge in [0.05, 0.1) is 5.01 Å². The molecule has 0 aromatic carbocycles. The Bertz CT molecular complexity index is 412. The van der Waals surface area contributed by atoms with E-state index in [4.69, 9.17) is 0 Å². The van der Waals surface area contributed by atoms with E-state index in [1.165, 1.54) is 9.88 Å². The first-order valence-electron chi connectivity index (χ1n) is 7.83. The number of hydrogen-bond donors (Lipinski definition) is 2. The molecular weight excluding hydrogens is 282 g/mol. The van der Waals surface area contributed by atoms with Crippen molar-refractivity contribution in [2.24, 2.45) is 4.99 Å². The summed E-state index contributed by atoms with van der Waals surface area (Å²) in [6.45, 7) is 11.5. The molecule has 0 radical (unpaired) electrons. The number of nitrogens with one attached hydrogen (secondary N) is 2. The number of aromatic nitrogens is 1. The third-order valence-corrected chi connectivity index (χ3v) is 4.62. The van der Waals surface area contributed by atoms with Gasteiger partial charge in [-0.3, -0.25) is 4.99 Å². The molecule has 0 unspecified atom stereocenters. The van der Waals surface area contributed by atoms with Gasteiger partial charge in [-0.05, 0) is 19.5 Å². The summed E-state index contributed by atoms with van der Waals surface area (Å²) in [5.41, 5.74) is 0. The minimum atomic E-state index is 0.863. The summed E-state index contributed by atoms with van der Waals surface area (Å²) in [7, 11) is 1.81. The van der Waals surface area contributed by atoms with Crippen molar-refractivity contribution in [2.75, 3.05) is 39.8 Å². The average Bonchev–Trinajstić information content (AvgIpc) is 2.97. The van der Waals surface area contributed by atoms with Gasteiger partial charge in [0.15, 0.2) is 5.96 Å². The lowest BCUT2D eigenvalue weighted by Crippen LogP contribution is -2.42. The summed E-state index contributed by atoms with van der Waals surface area (Å²) in [5, 5.41) is 7.89. The molecule has 0 saturated carbocycles. The summed E-state index contributed by atoms with van der Waals surface area (Å²) < 4.78 is 0. The van der Waals surface area contributed by atoms with Gasteiger partial charge in [0.2, 0.25) is 0 Å². The van der Waals surface area contributed by atoms with Crippen molar-refractivity contribution in [3.05, 3.63) is 16.1 Å². The maximum Gasteiger partial charge on any atom is 0.191 e. The molecule has 2 N–H and O–H groups in total. The van der Waals surface area contributed by atoms with Crippen LogP contribution in [-0.4, -0.2) is 55.6 Å². The maximum atomic E-state index is 4.43. The number of likely N-dealkylation sites (N-methyl/N-ethyl adjacent to an activating group) is 1. The van der Waals surface area contributed by atoms with E-state index in [0.29, 0.717) is 0 Å².